The molecule has 3 aromatic rings. The fourth-order valence-electron chi connectivity index (χ4n) is 3.05. The molecular formula is C22H25N3O2S. The minimum Gasteiger partial charge on any atom is -0.351 e. The molecule has 0 fully saturated rings. The van der Waals surface area contributed by atoms with Crippen LogP contribution in [0.1, 0.15) is 47.4 Å². The van der Waals surface area contributed by atoms with Gasteiger partial charge in [0.05, 0.1) is 11.3 Å². The van der Waals surface area contributed by atoms with Crippen molar-refractivity contribution in [2.24, 2.45) is 5.92 Å². The number of aromatic nitrogens is 2. The van der Waals surface area contributed by atoms with E-state index in [4.69, 9.17) is 4.52 Å². The van der Waals surface area contributed by atoms with E-state index in [2.05, 4.69) is 41.4 Å². The Kier molecular flexibility index (Phi) is 6.87. The molecule has 0 aliphatic rings. The normalized spacial score (nSPS) is 12.1. The molecule has 0 radical (unpaired) electrons. The van der Waals surface area contributed by atoms with Gasteiger partial charge in [0, 0.05) is 17.4 Å². The van der Waals surface area contributed by atoms with E-state index >= 15 is 0 Å². The molecule has 1 amide bonds. The maximum Gasteiger partial charge on any atom is 0.252 e. The van der Waals surface area contributed by atoms with Crippen molar-refractivity contribution in [2.45, 2.75) is 37.3 Å². The first-order chi connectivity index (χ1) is 13.5. The molecule has 0 saturated heterocycles. The summed E-state index contributed by atoms with van der Waals surface area (Å²) in [6.07, 6.45) is 0. The van der Waals surface area contributed by atoms with Crippen LogP contribution in [0.5, 0.6) is 0 Å². The molecule has 1 atom stereocenters. The minimum atomic E-state index is -0.0635. The molecule has 0 saturated carbocycles. The zero-order valence-corrected chi connectivity index (χ0v) is 17.2. The van der Waals surface area contributed by atoms with Gasteiger partial charge in [-0.2, -0.15) is 4.98 Å². The minimum absolute atomic E-state index is 0.0635. The van der Waals surface area contributed by atoms with Gasteiger partial charge < -0.3 is 9.84 Å². The lowest BCUT2D eigenvalue weighted by molar-refractivity contribution is 0.0946. The van der Waals surface area contributed by atoms with Crippen LogP contribution >= 0.6 is 11.8 Å². The third-order valence-corrected chi connectivity index (χ3v) is 5.63. The van der Waals surface area contributed by atoms with E-state index in [0.717, 1.165) is 4.90 Å². The number of nitrogens with one attached hydrogen (secondary N) is 1. The molecule has 0 bridgehead atoms. The van der Waals surface area contributed by atoms with Crippen molar-refractivity contribution >= 4 is 17.7 Å². The number of amides is 1. The second-order valence-electron chi connectivity index (χ2n) is 6.99. The molecule has 6 heteroatoms. The van der Waals surface area contributed by atoms with Crippen LogP contribution in [-0.2, 0) is 5.75 Å². The molecule has 5 nitrogen and oxygen atoms in total. The first-order valence-corrected chi connectivity index (χ1v) is 10.4. The molecule has 1 unspecified atom stereocenters. The number of carbonyl (C=O) groups is 1. The molecule has 1 aromatic heterocycles. The largest absolute Gasteiger partial charge is 0.351 e. The van der Waals surface area contributed by atoms with Crippen molar-refractivity contribution in [1.82, 2.24) is 15.5 Å². The summed E-state index contributed by atoms with van der Waals surface area (Å²) in [5.41, 5.74) is 1.91. The van der Waals surface area contributed by atoms with Crippen LogP contribution in [0.3, 0.4) is 0 Å². The number of nitrogens with zero attached hydrogens (tertiary/aromatic N) is 2. The van der Waals surface area contributed by atoms with Gasteiger partial charge in [0.15, 0.2) is 5.82 Å². The van der Waals surface area contributed by atoms with Gasteiger partial charge in [-0.3, -0.25) is 4.79 Å². The number of rotatable bonds is 8. The summed E-state index contributed by atoms with van der Waals surface area (Å²) >= 11 is 1.52. The molecule has 1 heterocycles. The Morgan fingerprint density at radius 1 is 1.11 bits per heavy atom. The first kappa shape index (κ1) is 20.1. The number of benzene rings is 2. The fraction of sp³-hybridized carbons (Fsp3) is 0.318. The quantitative estimate of drug-likeness (QED) is 0.553. The smallest absolute Gasteiger partial charge is 0.252 e. The second kappa shape index (κ2) is 9.55. The summed E-state index contributed by atoms with van der Waals surface area (Å²) in [6.45, 7) is 6.75. The predicted octanol–water partition coefficient (Wildman–Crippen LogP) is 4.84. The van der Waals surface area contributed by atoms with Crippen LogP contribution in [-0.4, -0.2) is 22.6 Å². The summed E-state index contributed by atoms with van der Waals surface area (Å²) in [5.74, 6) is 2.33. The monoisotopic (exact) mass is 395 g/mol. The van der Waals surface area contributed by atoms with Crippen molar-refractivity contribution in [3.05, 3.63) is 77.4 Å². The van der Waals surface area contributed by atoms with Crippen LogP contribution < -0.4 is 5.32 Å². The number of carbonyl (C=O) groups excluding carboxylic acids is 1. The number of hydrogen-bond acceptors (Lipinski definition) is 5. The van der Waals surface area contributed by atoms with E-state index in [-0.39, 0.29) is 11.8 Å². The number of aryl methyl sites for hydroxylation is 1. The lowest BCUT2D eigenvalue weighted by Crippen LogP contribution is -2.30. The lowest BCUT2D eigenvalue weighted by atomic mass is 9.88. The van der Waals surface area contributed by atoms with E-state index in [9.17, 15) is 4.79 Å². The van der Waals surface area contributed by atoms with Gasteiger partial charge in [-0.05, 0) is 30.5 Å². The highest BCUT2D eigenvalue weighted by Crippen LogP contribution is 2.27. The molecule has 0 aliphatic carbocycles. The Balaban J connectivity index is 1.66. The second-order valence-corrected chi connectivity index (χ2v) is 8.01. The summed E-state index contributed by atoms with van der Waals surface area (Å²) in [6, 6.07) is 17.9. The molecule has 28 heavy (non-hydrogen) atoms. The molecule has 0 spiro atoms. The van der Waals surface area contributed by atoms with Gasteiger partial charge in [0.2, 0.25) is 5.89 Å². The topological polar surface area (TPSA) is 68.0 Å². The molecule has 146 valence electrons. The highest BCUT2D eigenvalue weighted by Gasteiger charge is 2.18. The zero-order chi connectivity index (χ0) is 19.9. The van der Waals surface area contributed by atoms with Gasteiger partial charge in [0.1, 0.15) is 0 Å². The Bertz CT molecular complexity index is 909. The third-order valence-electron chi connectivity index (χ3n) is 4.57. The Morgan fingerprint density at radius 2 is 1.82 bits per heavy atom. The van der Waals surface area contributed by atoms with Crippen molar-refractivity contribution in [3.63, 3.8) is 0 Å². The average molecular weight is 396 g/mol. The van der Waals surface area contributed by atoms with Crippen molar-refractivity contribution in [3.8, 4) is 0 Å². The number of hydrogen-bond donors (Lipinski definition) is 1. The van der Waals surface area contributed by atoms with Crippen LogP contribution in [0.25, 0.3) is 0 Å². The highest BCUT2D eigenvalue weighted by atomic mass is 32.2. The van der Waals surface area contributed by atoms with E-state index in [0.29, 0.717) is 35.5 Å². The molecule has 0 aliphatic heterocycles. The summed E-state index contributed by atoms with van der Waals surface area (Å²) in [4.78, 5) is 18.0. The molecule has 1 N–H and O–H groups in total. The Morgan fingerprint density at radius 3 is 2.50 bits per heavy atom. The van der Waals surface area contributed by atoms with Crippen LogP contribution in [0.4, 0.5) is 0 Å². The summed E-state index contributed by atoms with van der Waals surface area (Å²) in [5, 5.41) is 6.92. The van der Waals surface area contributed by atoms with Gasteiger partial charge in [0.25, 0.3) is 5.91 Å². The molecular weight excluding hydrogens is 370 g/mol. The van der Waals surface area contributed by atoms with E-state index < -0.39 is 0 Å². The van der Waals surface area contributed by atoms with E-state index in [1.54, 1.807) is 6.92 Å². The fourth-order valence-corrected chi connectivity index (χ4v) is 3.94. The first-order valence-electron chi connectivity index (χ1n) is 9.38. The summed E-state index contributed by atoms with van der Waals surface area (Å²) < 4.78 is 5.16. The standard InChI is InChI=1S/C22H25N3O2S/c1-15(2)19(17-9-5-4-6-10-17)13-23-22(26)18-11-7-8-12-20(18)28-14-21-24-16(3)25-27-21/h4-12,15,19H,13-14H2,1-3H3,(H,23,26). The van der Waals surface area contributed by atoms with Crippen LogP contribution in [0, 0.1) is 12.8 Å². The van der Waals surface area contributed by atoms with Crippen LogP contribution in [0.15, 0.2) is 64.0 Å². The number of thioether (sulfide) groups is 1. The van der Waals surface area contributed by atoms with Gasteiger partial charge in [-0.1, -0.05) is 61.5 Å². The maximum absolute atomic E-state index is 12.9. The zero-order valence-electron chi connectivity index (χ0n) is 16.4. The van der Waals surface area contributed by atoms with Crippen LogP contribution in [0.2, 0.25) is 0 Å². The predicted molar refractivity (Wildman–Crippen MR) is 111 cm³/mol. The lowest BCUT2D eigenvalue weighted by Gasteiger charge is -2.22. The Labute approximate surface area is 169 Å². The molecule has 2 aromatic carbocycles. The van der Waals surface area contributed by atoms with E-state index in [1.807, 2.05) is 42.5 Å². The van der Waals surface area contributed by atoms with Crippen molar-refractivity contribution in [1.29, 1.82) is 0 Å². The SMILES string of the molecule is Cc1noc(CSc2ccccc2C(=O)NCC(c2ccccc2)C(C)C)n1. The van der Waals surface area contributed by atoms with Gasteiger partial charge in [-0.15, -0.1) is 11.8 Å². The molecule has 3 rings (SSSR count). The summed E-state index contributed by atoms with van der Waals surface area (Å²) in [7, 11) is 0. The average Bonchev–Trinajstić information content (AvgIpc) is 3.12. The Hall–Kier alpha value is -2.60. The van der Waals surface area contributed by atoms with Crippen molar-refractivity contribution < 1.29 is 9.32 Å². The van der Waals surface area contributed by atoms with Gasteiger partial charge in [-0.25, -0.2) is 0 Å². The van der Waals surface area contributed by atoms with Gasteiger partial charge >= 0.3 is 0 Å². The van der Waals surface area contributed by atoms with E-state index in [1.165, 1.54) is 17.3 Å². The maximum atomic E-state index is 12.9. The third kappa shape index (κ3) is 5.23. The highest BCUT2D eigenvalue weighted by molar-refractivity contribution is 7.98. The van der Waals surface area contributed by atoms with Crippen molar-refractivity contribution in [2.75, 3.05) is 6.54 Å².